The second-order valence-corrected chi connectivity index (χ2v) is 2.78. The van der Waals surface area contributed by atoms with Crippen LogP contribution in [0.4, 0.5) is 5.69 Å². The summed E-state index contributed by atoms with van der Waals surface area (Å²) in [6.07, 6.45) is 1.66. The lowest BCUT2D eigenvalue weighted by atomic mass is 10.3. The van der Waals surface area contributed by atoms with Crippen LogP contribution < -0.4 is 10.1 Å². The van der Waals surface area contributed by atoms with E-state index in [4.69, 9.17) is 4.74 Å². The summed E-state index contributed by atoms with van der Waals surface area (Å²) in [4.78, 5) is 10.9. The van der Waals surface area contributed by atoms with Gasteiger partial charge < -0.3 is 10.1 Å². The minimum absolute atomic E-state index is 0.111. The van der Waals surface area contributed by atoms with Crippen LogP contribution in [0.25, 0.3) is 0 Å². The van der Waals surface area contributed by atoms with Crippen molar-refractivity contribution in [3.63, 3.8) is 0 Å². The molecule has 0 saturated heterocycles. The summed E-state index contributed by atoms with van der Waals surface area (Å²) in [5, 5.41) is 2.68. The number of carbonyl (C=O) groups excluding carboxylic acids is 1. The van der Waals surface area contributed by atoms with Gasteiger partial charge in [-0.25, -0.2) is 0 Å². The molecular weight excluding hydrogens is 178 g/mol. The van der Waals surface area contributed by atoms with Gasteiger partial charge in [0.2, 0.25) is 5.91 Å². The fourth-order valence-corrected chi connectivity index (χ4v) is 1.03. The Balaban J connectivity index is 2.79. The van der Waals surface area contributed by atoms with Crippen LogP contribution in [-0.2, 0) is 4.79 Å². The number of para-hydroxylation sites is 2. The number of hydrogen-bond donors (Lipinski definition) is 1. The Morgan fingerprint density at radius 2 is 2.29 bits per heavy atom. The first-order chi connectivity index (χ1) is 6.74. The maximum absolute atomic E-state index is 10.9. The van der Waals surface area contributed by atoms with E-state index < -0.39 is 0 Å². The van der Waals surface area contributed by atoms with Crippen LogP contribution in [-0.4, -0.2) is 12.5 Å². The lowest BCUT2D eigenvalue weighted by Gasteiger charge is -2.09. The van der Waals surface area contributed by atoms with Crippen molar-refractivity contribution < 1.29 is 9.53 Å². The van der Waals surface area contributed by atoms with Gasteiger partial charge in [0.25, 0.3) is 0 Å². The highest BCUT2D eigenvalue weighted by Gasteiger charge is 2.02. The summed E-state index contributed by atoms with van der Waals surface area (Å²) in [6, 6.07) is 7.28. The molecule has 0 spiro atoms. The van der Waals surface area contributed by atoms with Crippen molar-refractivity contribution >= 4 is 11.6 Å². The summed E-state index contributed by atoms with van der Waals surface area (Å²) in [5.74, 6) is 0.544. The summed E-state index contributed by atoms with van der Waals surface area (Å²) >= 11 is 0. The molecule has 0 heterocycles. The zero-order valence-corrected chi connectivity index (χ0v) is 8.12. The summed E-state index contributed by atoms with van der Waals surface area (Å²) in [6.45, 7) is 5.44. The van der Waals surface area contributed by atoms with Gasteiger partial charge in [0.1, 0.15) is 12.4 Å². The highest BCUT2D eigenvalue weighted by Crippen LogP contribution is 2.23. The van der Waals surface area contributed by atoms with Crippen molar-refractivity contribution in [1.29, 1.82) is 0 Å². The molecule has 14 heavy (non-hydrogen) atoms. The van der Waals surface area contributed by atoms with Crippen LogP contribution in [0.1, 0.15) is 6.92 Å². The summed E-state index contributed by atoms with van der Waals surface area (Å²) in [7, 11) is 0. The third-order valence-corrected chi connectivity index (χ3v) is 1.55. The van der Waals surface area contributed by atoms with E-state index in [-0.39, 0.29) is 5.91 Å². The molecule has 0 fully saturated rings. The molecule has 0 aliphatic heterocycles. The Bertz CT molecular complexity index is 334. The third-order valence-electron chi connectivity index (χ3n) is 1.55. The molecule has 3 nitrogen and oxygen atoms in total. The van der Waals surface area contributed by atoms with Crippen molar-refractivity contribution in [2.45, 2.75) is 6.92 Å². The van der Waals surface area contributed by atoms with Crippen LogP contribution in [0.2, 0.25) is 0 Å². The monoisotopic (exact) mass is 191 g/mol. The predicted octanol–water partition coefficient (Wildman–Crippen LogP) is 2.21. The largest absolute Gasteiger partial charge is 0.487 e. The molecule has 1 aromatic rings. The molecule has 1 N–H and O–H groups in total. The van der Waals surface area contributed by atoms with Crippen LogP contribution in [0.15, 0.2) is 36.9 Å². The third kappa shape index (κ3) is 2.94. The van der Waals surface area contributed by atoms with Gasteiger partial charge in [-0.3, -0.25) is 4.79 Å². The minimum Gasteiger partial charge on any atom is -0.487 e. The van der Waals surface area contributed by atoms with E-state index >= 15 is 0 Å². The number of hydrogen-bond acceptors (Lipinski definition) is 2. The maximum atomic E-state index is 10.9. The Labute approximate surface area is 83.4 Å². The molecule has 74 valence electrons. The lowest BCUT2D eigenvalue weighted by molar-refractivity contribution is -0.114. The van der Waals surface area contributed by atoms with E-state index in [0.29, 0.717) is 18.0 Å². The number of carbonyl (C=O) groups is 1. The fourth-order valence-electron chi connectivity index (χ4n) is 1.03. The highest BCUT2D eigenvalue weighted by molar-refractivity contribution is 5.90. The van der Waals surface area contributed by atoms with Crippen molar-refractivity contribution in [1.82, 2.24) is 0 Å². The van der Waals surface area contributed by atoms with Crippen LogP contribution in [0.3, 0.4) is 0 Å². The SMILES string of the molecule is C=CCOc1ccccc1NC(C)=O. The van der Waals surface area contributed by atoms with Crippen LogP contribution in [0, 0.1) is 0 Å². The minimum atomic E-state index is -0.111. The molecule has 0 aliphatic rings. The van der Waals surface area contributed by atoms with Gasteiger partial charge in [0.15, 0.2) is 0 Å². The normalized spacial score (nSPS) is 9.21. The molecule has 0 atom stereocenters. The quantitative estimate of drug-likeness (QED) is 0.741. The molecule has 0 saturated carbocycles. The smallest absolute Gasteiger partial charge is 0.221 e. The molecule has 0 bridgehead atoms. The number of benzene rings is 1. The lowest BCUT2D eigenvalue weighted by Crippen LogP contribution is -2.07. The fraction of sp³-hybridized carbons (Fsp3) is 0.182. The Morgan fingerprint density at radius 3 is 2.93 bits per heavy atom. The number of ether oxygens (including phenoxy) is 1. The van der Waals surface area contributed by atoms with Gasteiger partial charge in [-0.15, -0.1) is 0 Å². The van der Waals surface area contributed by atoms with E-state index in [1.165, 1.54) is 6.92 Å². The number of nitrogens with one attached hydrogen (secondary N) is 1. The van der Waals surface area contributed by atoms with E-state index in [0.717, 1.165) is 0 Å². The highest BCUT2D eigenvalue weighted by atomic mass is 16.5. The van der Waals surface area contributed by atoms with Gasteiger partial charge >= 0.3 is 0 Å². The number of amides is 1. The van der Waals surface area contributed by atoms with Gasteiger partial charge in [-0.1, -0.05) is 24.8 Å². The molecule has 3 heteroatoms. The summed E-state index contributed by atoms with van der Waals surface area (Å²) < 4.78 is 5.35. The molecule has 1 amide bonds. The zero-order valence-electron chi connectivity index (χ0n) is 8.12. The maximum Gasteiger partial charge on any atom is 0.221 e. The molecular formula is C11H13NO2. The average Bonchev–Trinajstić information content (AvgIpc) is 2.16. The molecule has 0 aliphatic carbocycles. The van der Waals surface area contributed by atoms with Crippen molar-refractivity contribution in [3.05, 3.63) is 36.9 Å². The predicted molar refractivity (Wildman–Crippen MR) is 56.4 cm³/mol. The molecule has 0 aromatic heterocycles. The molecule has 1 aromatic carbocycles. The zero-order chi connectivity index (χ0) is 10.4. The number of anilines is 1. The Kier molecular flexibility index (Phi) is 3.73. The van der Waals surface area contributed by atoms with Crippen molar-refractivity contribution in [2.75, 3.05) is 11.9 Å². The van der Waals surface area contributed by atoms with Crippen LogP contribution >= 0.6 is 0 Å². The van der Waals surface area contributed by atoms with E-state index in [2.05, 4.69) is 11.9 Å². The van der Waals surface area contributed by atoms with Crippen molar-refractivity contribution in [2.24, 2.45) is 0 Å². The first kappa shape index (κ1) is 10.3. The van der Waals surface area contributed by atoms with Gasteiger partial charge in [0, 0.05) is 6.92 Å². The topological polar surface area (TPSA) is 38.3 Å². The Morgan fingerprint density at radius 1 is 1.57 bits per heavy atom. The number of rotatable bonds is 4. The van der Waals surface area contributed by atoms with E-state index in [9.17, 15) is 4.79 Å². The Hall–Kier alpha value is -1.77. The van der Waals surface area contributed by atoms with Gasteiger partial charge in [-0.2, -0.15) is 0 Å². The molecule has 0 unspecified atom stereocenters. The van der Waals surface area contributed by atoms with Crippen molar-refractivity contribution in [3.8, 4) is 5.75 Å². The van der Waals surface area contributed by atoms with Gasteiger partial charge in [-0.05, 0) is 12.1 Å². The second-order valence-electron chi connectivity index (χ2n) is 2.78. The van der Waals surface area contributed by atoms with E-state index in [1.54, 1.807) is 18.2 Å². The second kappa shape index (κ2) is 5.07. The van der Waals surface area contributed by atoms with Gasteiger partial charge in [0.05, 0.1) is 5.69 Å². The average molecular weight is 191 g/mol. The van der Waals surface area contributed by atoms with E-state index in [1.807, 2.05) is 12.1 Å². The first-order valence-corrected chi connectivity index (χ1v) is 4.34. The molecule has 0 radical (unpaired) electrons. The summed E-state index contributed by atoms with van der Waals surface area (Å²) in [5.41, 5.74) is 0.682. The standard InChI is InChI=1S/C11H13NO2/c1-3-8-14-11-7-5-4-6-10(11)12-9(2)13/h3-7H,1,8H2,2H3,(H,12,13). The first-order valence-electron chi connectivity index (χ1n) is 4.34. The van der Waals surface area contributed by atoms with Crippen LogP contribution in [0.5, 0.6) is 5.75 Å². The molecule has 1 rings (SSSR count).